The van der Waals surface area contributed by atoms with Gasteiger partial charge in [0, 0.05) is 56.5 Å². The fraction of sp³-hybridized carbons (Fsp3) is 0.500. The Hall–Kier alpha value is -3.18. The smallest absolute Gasteiger partial charge is 0.257 e. The van der Waals surface area contributed by atoms with Crippen LogP contribution in [0, 0.1) is 12.7 Å². The molecule has 1 aromatic heterocycles. The summed E-state index contributed by atoms with van der Waals surface area (Å²) in [5, 5.41) is 12.5. The van der Waals surface area contributed by atoms with Crippen LogP contribution in [0.5, 0.6) is 5.75 Å². The predicted molar refractivity (Wildman–Crippen MR) is 168 cm³/mol. The number of benzene rings is 2. The van der Waals surface area contributed by atoms with Crippen molar-refractivity contribution in [2.45, 2.75) is 46.2 Å². The molecule has 1 amide bonds. The number of amides is 1. The fourth-order valence-electron chi connectivity index (χ4n) is 5.68. The van der Waals surface area contributed by atoms with Crippen LogP contribution < -0.4 is 20.4 Å². The average molecular weight is 617 g/mol. The van der Waals surface area contributed by atoms with Crippen LogP contribution in [-0.4, -0.2) is 80.1 Å². The lowest BCUT2D eigenvalue weighted by Gasteiger charge is -2.37. The van der Waals surface area contributed by atoms with E-state index in [1.165, 1.54) is 13.2 Å². The number of pyridine rings is 1. The molecular formula is C32H42ClFN4O5. The number of hydrogen-bond acceptors (Lipinski definition) is 7. The van der Waals surface area contributed by atoms with Crippen LogP contribution in [0.2, 0.25) is 5.02 Å². The Morgan fingerprint density at radius 3 is 2.58 bits per heavy atom. The maximum absolute atomic E-state index is 15.9. The number of rotatable bonds is 13. The quantitative estimate of drug-likeness (QED) is 0.272. The Kier molecular flexibility index (Phi) is 11.4. The van der Waals surface area contributed by atoms with E-state index >= 15 is 4.39 Å². The number of aliphatic hydroxyl groups is 1. The Bertz CT molecular complexity index is 1490. The first-order chi connectivity index (χ1) is 20.7. The van der Waals surface area contributed by atoms with E-state index in [0.717, 1.165) is 30.5 Å². The molecule has 0 saturated carbocycles. The van der Waals surface area contributed by atoms with Gasteiger partial charge in [-0.3, -0.25) is 14.5 Å². The summed E-state index contributed by atoms with van der Waals surface area (Å²) < 4.78 is 29.1. The average Bonchev–Trinajstić information content (AvgIpc) is 2.99. The van der Waals surface area contributed by atoms with Crippen LogP contribution in [0.1, 0.15) is 54.2 Å². The number of carbonyl (C=O) groups excluding carboxylic acids is 1. The highest BCUT2D eigenvalue weighted by molar-refractivity contribution is 6.30. The molecule has 1 fully saturated rings. The predicted octanol–water partition coefficient (Wildman–Crippen LogP) is 4.53. The third-order valence-electron chi connectivity index (χ3n) is 8.05. The second kappa shape index (κ2) is 15.0. The highest BCUT2D eigenvalue weighted by atomic mass is 35.5. The van der Waals surface area contributed by atoms with E-state index in [0.29, 0.717) is 61.4 Å². The summed E-state index contributed by atoms with van der Waals surface area (Å²) >= 11 is 6.07. The molecule has 2 aromatic carbocycles. The van der Waals surface area contributed by atoms with Gasteiger partial charge >= 0.3 is 0 Å². The van der Waals surface area contributed by atoms with E-state index in [-0.39, 0.29) is 30.1 Å². The minimum Gasteiger partial charge on any atom is -0.492 e. The van der Waals surface area contributed by atoms with Gasteiger partial charge in [0.25, 0.3) is 5.91 Å². The topological polar surface area (TPSA) is 96.3 Å². The molecule has 234 valence electrons. The largest absolute Gasteiger partial charge is 0.492 e. The van der Waals surface area contributed by atoms with Crippen molar-refractivity contribution in [1.82, 2.24) is 14.8 Å². The van der Waals surface area contributed by atoms with E-state index in [1.54, 1.807) is 12.3 Å². The normalized spacial score (nSPS) is 14.7. The molecule has 11 heteroatoms. The Balaban J connectivity index is 1.70. The van der Waals surface area contributed by atoms with Gasteiger partial charge in [-0.1, -0.05) is 31.0 Å². The zero-order chi connectivity index (χ0) is 31.1. The van der Waals surface area contributed by atoms with Crippen molar-refractivity contribution < 1.29 is 23.8 Å². The zero-order valence-electron chi connectivity index (χ0n) is 25.4. The number of aliphatic hydroxyl groups excluding tert-OH is 1. The number of aryl methyl sites for hydroxylation is 1. The standard InChI is InChI=1S/C32H42ClFN4O5/c1-5-6-22(3)38-20-26(32(41)35-19-23-7-8-24(33)17-21(23)2)30(40)25-18-27(34)29(31(42-4)28(25)38)37-11-9-36(10-12-37)13-15-43-16-14-39/h7-8,17-18,20,22,39H,5-6,9-16,19H2,1-4H3,(H,35,41). The number of carbonyl (C=O) groups is 1. The molecule has 1 aliphatic rings. The zero-order valence-corrected chi connectivity index (χ0v) is 26.2. The molecule has 2 N–H and O–H groups in total. The monoisotopic (exact) mass is 616 g/mol. The van der Waals surface area contributed by atoms with Gasteiger partial charge in [-0.15, -0.1) is 0 Å². The Morgan fingerprint density at radius 1 is 1.19 bits per heavy atom. The van der Waals surface area contributed by atoms with Gasteiger partial charge in [-0.05, 0) is 49.6 Å². The lowest BCUT2D eigenvalue weighted by atomic mass is 10.0. The number of piperazine rings is 1. The summed E-state index contributed by atoms with van der Waals surface area (Å²) in [5.74, 6) is -0.801. The second-order valence-electron chi connectivity index (χ2n) is 11.0. The minimum absolute atomic E-state index is 0.00791. The SMILES string of the molecule is CCCC(C)n1cc(C(=O)NCc2ccc(Cl)cc2C)c(=O)c2cc(F)c(N3CCN(CCOCCO)CC3)c(OC)c21. The molecule has 3 aromatic rings. The van der Waals surface area contributed by atoms with Crippen molar-refractivity contribution in [3.05, 3.63) is 68.2 Å². The third kappa shape index (κ3) is 7.49. The first-order valence-corrected chi connectivity index (χ1v) is 15.2. The van der Waals surface area contributed by atoms with Gasteiger partial charge in [0.2, 0.25) is 5.43 Å². The van der Waals surface area contributed by atoms with Gasteiger partial charge in [-0.2, -0.15) is 0 Å². The molecule has 9 nitrogen and oxygen atoms in total. The molecule has 0 radical (unpaired) electrons. The molecule has 0 spiro atoms. The van der Waals surface area contributed by atoms with E-state index in [4.69, 9.17) is 26.2 Å². The molecule has 1 aliphatic heterocycles. The number of nitrogens with one attached hydrogen (secondary N) is 1. The summed E-state index contributed by atoms with van der Waals surface area (Å²) in [6, 6.07) is 6.58. The van der Waals surface area contributed by atoms with Crippen molar-refractivity contribution in [2.75, 3.05) is 64.6 Å². The second-order valence-corrected chi connectivity index (χ2v) is 11.4. The minimum atomic E-state index is -0.565. The number of fused-ring (bicyclic) bond motifs is 1. The van der Waals surface area contributed by atoms with E-state index in [2.05, 4.69) is 17.1 Å². The lowest BCUT2D eigenvalue weighted by Crippen LogP contribution is -2.47. The maximum Gasteiger partial charge on any atom is 0.257 e. The number of hydrogen-bond donors (Lipinski definition) is 2. The van der Waals surface area contributed by atoms with Crippen molar-refractivity contribution in [2.24, 2.45) is 0 Å². The van der Waals surface area contributed by atoms with E-state index in [9.17, 15) is 9.59 Å². The van der Waals surface area contributed by atoms with Gasteiger partial charge in [0.05, 0.1) is 37.8 Å². The van der Waals surface area contributed by atoms with E-state index in [1.807, 2.05) is 35.4 Å². The summed E-state index contributed by atoms with van der Waals surface area (Å²) in [4.78, 5) is 31.3. The van der Waals surface area contributed by atoms with Gasteiger partial charge < -0.3 is 29.4 Å². The summed E-state index contributed by atoms with van der Waals surface area (Å²) in [6.07, 6.45) is 3.26. The molecule has 1 saturated heterocycles. The first kappa shape index (κ1) is 32.7. The highest BCUT2D eigenvalue weighted by Gasteiger charge is 2.28. The Labute approximate surface area is 257 Å². The van der Waals surface area contributed by atoms with Gasteiger partial charge in [0.15, 0.2) is 11.6 Å². The summed E-state index contributed by atoms with van der Waals surface area (Å²) in [6.45, 7) is 10.3. The highest BCUT2D eigenvalue weighted by Crippen LogP contribution is 2.40. The number of anilines is 1. The van der Waals surface area contributed by atoms with Crippen molar-refractivity contribution in [3.63, 3.8) is 0 Å². The third-order valence-corrected chi connectivity index (χ3v) is 8.28. The number of aromatic nitrogens is 1. The maximum atomic E-state index is 15.9. The van der Waals surface area contributed by atoms with E-state index < -0.39 is 17.2 Å². The number of methoxy groups -OCH3 is 1. The Morgan fingerprint density at radius 2 is 1.93 bits per heavy atom. The number of halogens is 2. The molecule has 0 bridgehead atoms. The van der Waals surface area contributed by atoms with Crippen LogP contribution in [-0.2, 0) is 11.3 Å². The van der Waals surface area contributed by atoms with Crippen LogP contribution >= 0.6 is 11.6 Å². The number of nitrogens with zero attached hydrogens (tertiary/aromatic N) is 3. The van der Waals surface area contributed by atoms with Crippen molar-refractivity contribution in [1.29, 1.82) is 0 Å². The van der Waals surface area contributed by atoms with Gasteiger partial charge in [-0.25, -0.2) is 4.39 Å². The van der Waals surface area contributed by atoms with Crippen LogP contribution in [0.25, 0.3) is 10.9 Å². The van der Waals surface area contributed by atoms with Crippen LogP contribution in [0.3, 0.4) is 0 Å². The van der Waals surface area contributed by atoms with Crippen molar-refractivity contribution in [3.8, 4) is 5.75 Å². The molecule has 0 aliphatic carbocycles. The first-order valence-electron chi connectivity index (χ1n) is 14.8. The molecular weight excluding hydrogens is 575 g/mol. The van der Waals surface area contributed by atoms with Crippen molar-refractivity contribution >= 4 is 34.1 Å². The molecule has 2 heterocycles. The molecule has 1 atom stereocenters. The lowest BCUT2D eigenvalue weighted by molar-refractivity contribution is 0.0724. The number of ether oxygens (including phenoxy) is 2. The summed E-state index contributed by atoms with van der Waals surface area (Å²) in [5.41, 5.74) is 2.02. The van der Waals surface area contributed by atoms with Crippen LogP contribution in [0.15, 0.2) is 35.3 Å². The fourth-order valence-corrected chi connectivity index (χ4v) is 5.91. The van der Waals surface area contributed by atoms with Crippen LogP contribution in [0.4, 0.5) is 10.1 Å². The molecule has 4 rings (SSSR count). The van der Waals surface area contributed by atoms with Gasteiger partial charge in [0.1, 0.15) is 11.3 Å². The molecule has 1 unspecified atom stereocenters. The molecule has 43 heavy (non-hydrogen) atoms. The summed E-state index contributed by atoms with van der Waals surface area (Å²) in [7, 11) is 1.49.